The lowest BCUT2D eigenvalue weighted by Gasteiger charge is -2.18. The highest BCUT2D eigenvalue weighted by atomic mass is 19.1. The maximum atomic E-state index is 13.0. The van der Waals surface area contributed by atoms with E-state index in [0.29, 0.717) is 6.04 Å². The van der Waals surface area contributed by atoms with Crippen molar-refractivity contribution >= 4 is 11.4 Å². The number of nitrogens with zero attached hydrogens (tertiary/aromatic N) is 1. The normalized spacial score (nSPS) is 21.1. The van der Waals surface area contributed by atoms with Crippen LogP contribution in [0.25, 0.3) is 0 Å². The molecule has 1 unspecified atom stereocenters. The Balaban J connectivity index is 2.41. The van der Waals surface area contributed by atoms with E-state index in [2.05, 4.69) is 17.1 Å². The Kier molecular flexibility index (Phi) is 2.32. The quantitative estimate of drug-likeness (QED) is 0.682. The van der Waals surface area contributed by atoms with Crippen LogP contribution in [-0.2, 0) is 0 Å². The van der Waals surface area contributed by atoms with Crippen LogP contribution >= 0.6 is 0 Å². The van der Waals surface area contributed by atoms with Crippen LogP contribution in [-0.4, -0.2) is 19.6 Å². The minimum absolute atomic E-state index is 0.182. The van der Waals surface area contributed by atoms with Crippen molar-refractivity contribution in [3.63, 3.8) is 0 Å². The molecule has 1 aliphatic rings. The summed E-state index contributed by atoms with van der Waals surface area (Å²) in [6, 6.07) is 5.30. The molecule has 1 aromatic rings. The zero-order valence-electron chi connectivity index (χ0n) is 8.55. The summed E-state index contributed by atoms with van der Waals surface area (Å²) in [5.74, 6) is -0.182. The molecule has 1 aliphatic heterocycles. The molecule has 1 N–H and O–H groups in total. The Labute approximate surface area is 83.7 Å². The Hall–Kier alpha value is -1.25. The minimum atomic E-state index is -0.182. The molecule has 0 aliphatic carbocycles. The van der Waals surface area contributed by atoms with Crippen LogP contribution < -0.4 is 10.2 Å². The van der Waals surface area contributed by atoms with Gasteiger partial charge in [-0.05, 0) is 31.5 Å². The Morgan fingerprint density at radius 1 is 1.50 bits per heavy atom. The molecule has 3 heteroatoms. The molecule has 0 fully saturated rings. The fourth-order valence-corrected chi connectivity index (χ4v) is 1.80. The van der Waals surface area contributed by atoms with Gasteiger partial charge in [0.1, 0.15) is 5.82 Å². The maximum absolute atomic E-state index is 13.0. The highest BCUT2D eigenvalue weighted by molar-refractivity contribution is 5.70. The molecule has 0 radical (unpaired) electrons. The van der Waals surface area contributed by atoms with Gasteiger partial charge < -0.3 is 10.2 Å². The summed E-state index contributed by atoms with van der Waals surface area (Å²) in [7, 11) is 2.04. The second-order valence-corrected chi connectivity index (χ2v) is 3.92. The van der Waals surface area contributed by atoms with Crippen molar-refractivity contribution in [2.75, 3.05) is 23.8 Å². The first kappa shape index (κ1) is 9.31. The van der Waals surface area contributed by atoms with Crippen molar-refractivity contribution in [1.82, 2.24) is 0 Å². The fraction of sp³-hybridized carbons (Fsp3) is 0.455. The molecule has 2 rings (SSSR count). The Morgan fingerprint density at radius 3 is 3.07 bits per heavy atom. The van der Waals surface area contributed by atoms with Crippen LogP contribution in [0.3, 0.4) is 0 Å². The molecule has 1 heterocycles. The molecule has 0 saturated heterocycles. The average Bonchev–Trinajstić information content (AvgIpc) is 2.26. The molecule has 0 spiro atoms. The number of nitrogens with one attached hydrogen (secondary N) is 1. The Bertz CT molecular complexity index is 338. The van der Waals surface area contributed by atoms with Gasteiger partial charge in [-0.3, -0.25) is 0 Å². The monoisotopic (exact) mass is 194 g/mol. The van der Waals surface area contributed by atoms with E-state index in [0.717, 1.165) is 24.3 Å². The predicted octanol–water partition coefficient (Wildman–Crippen LogP) is 2.47. The van der Waals surface area contributed by atoms with Crippen molar-refractivity contribution in [2.24, 2.45) is 0 Å². The van der Waals surface area contributed by atoms with E-state index in [9.17, 15) is 4.39 Å². The summed E-state index contributed by atoms with van der Waals surface area (Å²) in [6.07, 6.45) is 1.08. The minimum Gasteiger partial charge on any atom is -0.381 e. The maximum Gasteiger partial charge on any atom is 0.125 e. The average molecular weight is 194 g/mol. The van der Waals surface area contributed by atoms with Gasteiger partial charge in [0.05, 0.1) is 11.4 Å². The SMILES string of the molecule is CC1CCN(C)c2ccc(F)cc2N1. The summed E-state index contributed by atoms with van der Waals surface area (Å²) < 4.78 is 13.0. The molecule has 14 heavy (non-hydrogen) atoms. The van der Waals surface area contributed by atoms with Crippen LogP contribution in [0.4, 0.5) is 15.8 Å². The summed E-state index contributed by atoms with van der Waals surface area (Å²) in [4.78, 5) is 2.16. The summed E-state index contributed by atoms with van der Waals surface area (Å²) >= 11 is 0. The highest BCUT2D eigenvalue weighted by Gasteiger charge is 2.15. The van der Waals surface area contributed by atoms with Crippen LogP contribution in [0, 0.1) is 5.82 Å². The van der Waals surface area contributed by atoms with Gasteiger partial charge in [0, 0.05) is 19.6 Å². The number of benzene rings is 1. The van der Waals surface area contributed by atoms with Gasteiger partial charge in [-0.15, -0.1) is 0 Å². The number of anilines is 2. The summed E-state index contributed by atoms with van der Waals surface area (Å²) in [6.45, 7) is 3.13. The zero-order valence-corrected chi connectivity index (χ0v) is 8.55. The van der Waals surface area contributed by atoms with Gasteiger partial charge in [-0.1, -0.05) is 0 Å². The lowest BCUT2D eigenvalue weighted by molar-refractivity contribution is 0.628. The van der Waals surface area contributed by atoms with Crippen molar-refractivity contribution in [3.05, 3.63) is 24.0 Å². The number of halogens is 1. The first-order valence-electron chi connectivity index (χ1n) is 4.94. The second kappa shape index (κ2) is 3.48. The third-order valence-corrected chi connectivity index (χ3v) is 2.67. The van der Waals surface area contributed by atoms with Crippen molar-refractivity contribution in [3.8, 4) is 0 Å². The number of hydrogen-bond donors (Lipinski definition) is 1. The lowest BCUT2D eigenvalue weighted by atomic mass is 10.2. The molecule has 0 saturated carbocycles. The number of hydrogen-bond acceptors (Lipinski definition) is 2. The predicted molar refractivity (Wildman–Crippen MR) is 57.4 cm³/mol. The fourth-order valence-electron chi connectivity index (χ4n) is 1.80. The van der Waals surface area contributed by atoms with Crippen LogP contribution in [0.15, 0.2) is 18.2 Å². The van der Waals surface area contributed by atoms with Crippen LogP contribution in [0.5, 0.6) is 0 Å². The van der Waals surface area contributed by atoms with Crippen molar-refractivity contribution in [1.29, 1.82) is 0 Å². The topological polar surface area (TPSA) is 15.3 Å². The molecule has 0 aromatic heterocycles. The van der Waals surface area contributed by atoms with E-state index in [4.69, 9.17) is 0 Å². The van der Waals surface area contributed by atoms with Gasteiger partial charge >= 0.3 is 0 Å². The van der Waals surface area contributed by atoms with E-state index in [1.807, 2.05) is 13.1 Å². The van der Waals surface area contributed by atoms with E-state index in [-0.39, 0.29) is 5.82 Å². The van der Waals surface area contributed by atoms with Crippen molar-refractivity contribution in [2.45, 2.75) is 19.4 Å². The van der Waals surface area contributed by atoms with Gasteiger partial charge in [0.25, 0.3) is 0 Å². The van der Waals surface area contributed by atoms with Crippen LogP contribution in [0.2, 0.25) is 0 Å². The van der Waals surface area contributed by atoms with Gasteiger partial charge in [0.15, 0.2) is 0 Å². The van der Waals surface area contributed by atoms with Gasteiger partial charge in [-0.2, -0.15) is 0 Å². The third-order valence-electron chi connectivity index (χ3n) is 2.67. The largest absolute Gasteiger partial charge is 0.381 e. The van der Waals surface area contributed by atoms with E-state index >= 15 is 0 Å². The third kappa shape index (κ3) is 1.67. The number of rotatable bonds is 0. The van der Waals surface area contributed by atoms with E-state index in [1.54, 1.807) is 6.07 Å². The smallest absolute Gasteiger partial charge is 0.125 e. The molecular weight excluding hydrogens is 179 g/mol. The molecule has 0 bridgehead atoms. The zero-order chi connectivity index (χ0) is 10.1. The second-order valence-electron chi connectivity index (χ2n) is 3.92. The van der Waals surface area contributed by atoms with Crippen molar-refractivity contribution < 1.29 is 4.39 Å². The van der Waals surface area contributed by atoms with Gasteiger partial charge in [0.2, 0.25) is 0 Å². The molecular formula is C11H15FN2. The molecule has 1 aromatic carbocycles. The summed E-state index contributed by atoms with van der Waals surface area (Å²) in [5.41, 5.74) is 1.98. The first-order valence-corrected chi connectivity index (χ1v) is 4.94. The van der Waals surface area contributed by atoms with Crippen LogP contribution in [0.1, 0.15) is 13.3 Å². The first-order chi connectivity index (χ1) is 6.66. The summed E-state index contributed by atoms with van der Waals surface area (Å²) in [5, 5.41) is 3.31. The number of fused-ring (bicyclic) bond motifs is 1. The molecule has 0 amide bonds. The standard InChI is InChI=1S/C11H15FN2/c1-8-5-6-14(2)11-4-3-9(12)7-10(11)13-8/h3-4,7-8,13H,5-6H2,1-2H3. The molecule has 1 atom stereocenters. The van der Waals surface area contributed by atoms with Gasteiger partial charge in [-0.25, -0.2) is 4.39 Å². The highest BCUT2D eigenvalue weighted by Crippen LogP contribution is 2.29. The van der Waals surface area contributed by atoms with E-state index < -0.39 is 0 Å². The Morgan fingerprint density at radius 2 is 2.29 bits per heavy atom. The molecule has 76 valence electrons. The molecule has 2 nitrogen and oxygen atoms in total. The lowest BCUT2D eigenvalue weighted by Crippen LogP contribution is -2.19. The van der Waals surface area contributed by atoms with E-state index in [1.165, 1.54) is 6.07 Å².